The van der Waals surface area contributed by atoms with Gasteiger partial charge in [0.25, 0.3) is 0 Å². The second-order valence-corrected chi connectivity index (χ2v) is 3.88. The van der Waals surface area contributed by atoms with Crippen molar-refractivity contribution in [3.05, 3.63) is 60.2 Å². The van der Waals surface area contributed by atoms with Crippen LogP contribution in [0.15, 0.2) is 43.2 Å². The van der Waals surface area contributed by atoms with Gasteiger partial charge in [-0.05, 0) is 6.07 Å². The summed E-state index contributed by atoms with van der Waals surface area (Å²) >= 11 is 0. The Kier molecular flexibility index (Phi) is 2.49. The molecule has 90 valence electrons. The summed E-state index contributed by atoms with van der Waals surface area (Å²) < 4.78 is 15.3. The Morgan fingerprint density at radius 2 is 1.94 bits per heavy atom. The van der Waals surface area contributed by atoms with Gasteiger partial charge in [0.1, 0.15) is 5.82 Å². The van der Waals surface area contributed by atoms with Crippen molar-refractivity contribution in [1.82, 2.24) is 19.6 Å². The van der Waals surface area contributed by atoms with E-state index in [2.05, 4.69) is 15.1 Å². The molecule has 0 spiro atoms. The van der Waals surface area contributed by atoms with E-state index in [1.54, 1.807) is 35.4 Å². The zero-order valence-corrected chi connectivity index (χ0v) is 9.36. The molecule has 3 aromatic rings. The monoisotopic (exact) mass is 243 g/mol. The molecule has 18 heavy (non-hydrogen) atoms. The highest BCUT2D eigenvalue weighted by Crippen LogP contribution is 2.24. The molecule has 0 bridgehead atoms. The molecule has 0 radical (unpaired) electrons. The van der Waals surface area contributed by atoms with Gasteiger partial charge in [-0.3, -0.25) is 9.97 Å². The van der Waals surface area contributed by atoms with Crippen molar-refractivity contribution in [1.29, 1.82) is 0 Å². The standard InChI is InChI=1S/C12H10FN5/c13-10-6-15-2-1-8(10)12(14)9-5-17-18-4-3-16-7-11(9)18/h1-7,12H,14H2. The fourth-order valence-electron chi connectivity index (χ4n) is 1.90. The normalized spacial score (nSPS) is 12.8. The number of pyridine rings is 1. The molecular formula is C12H10FN5. The van der Waals surface area contributed by atoms with E-state index in [1.165, 1.54) is 6.20 Å². The second kappa shape index (κ2) is 4.15. The topological polar surface area (TPSA) is 69.1 Å². The zero-order chi connectivity index (χ0) is 12.5. The first-order chi connectivity index (χ1) is 8.77. The van der Waals surface area contributed by atoms with Gasteiger partial charge < -0.3 is 5.73 Å². The largest absolute Gasteiger partial charge is 0.320 e. The zero-order valence-electron chi connectivity index (χ0n) is 9.36. The third-order valence-corrected chi connectivity index (χ3v) is 2.83. The summed E-state index contributed by atoms with van der Waals surface area (Å²) in [7, 11) is 0. The van der Waals surface area contributed by atoms with E-state index in [4.69, 9.17) is 5.73 Å². The SMILES string of the molecule is NC(c1ccncc1F)c1cnn2ccncc12. The summed E-state index contributed by atoms with van der Waals surface area (Å²) in [5.41, 5.74) is 7.97. The molecule has 0 amide bonds. The number of hydrogen-bond donors (Lipinski definition) is 1. The molecule has 3 heterocycles. The summed E-state index contributed by atoms with van der Waals surface area (Å²) in [6, 6.07) is 0.981. The molecule has 1 atom stereocenters. The van der Waals surface area contributed by atoms with Gasteiger partial charge >= 0.3 is 0 Å². The molecule has 3 aromatic heterocycles. The van der Waals surface area contributed by atoms with E-state index in [-0.39, 0.29) is 0 Å². The maximum Gasteiger partial charge on any atom is 0.146 e. The highest BCUT2D eigenvalue weighted by atomic mass is 19.1. The Bertz CT molecular complexity index is 694. The fraction of sp³-hybridized carbons (Fsp3) is 0.0833. The molecule has 0 aromatic carbocycles. The van der Waals surface area contributed by atoms with Crippen molar-refractivity contribution in [2.45, 2.75) is 6.04 Å². The molecule has 6 heteroatoms. The summed E-state index contributed by atoms with van der Waals surface area (Å²) in [6.07, 6.45) is 9.29. The van der Waals surface area contributed by atoms with Crippen molar-refractivity contribution >= 4 is 5.52 Å². The number of halogens is 1. The van der Waals surface area contributed by atoms with Crippen LogP contribution in [0.3, 0.4) is 0 Å². The number of nitrogens with two attached hydrogens (primary N) is 1. The number of hydrogen-bond acceptors (Lipinski definition) is 4. The molecule has 0 aliphatic rings. The molecule has 0 fully saturated rings. The van der Waals surface area contributed by atoms with Crippen LogP contribution in [0.4, 0.5) is 4.39 Å². The first kappa shape index (κ1) is 10.8. The predicted octanol–water partition coefficient (Wildman–Crippen LogP) is 1.31. The van der Waals surface area contributed by atoms with E-state index in [0.717, 1.165) is 17.3 Å². The van der Waals surface area contributed by atoms with Crippen LogP contribution in [0.1, 0.15) is 17.2 Å². The van der Waals surface area contributed by atoms with Gasteiger partial charge in [-0.25, -0.2) is 8.91 Å². The smallest absolute Gasteiger partial charge is 0.146 e. The highest BCUT2D eigenvalue weighted by molar-refractivity contribution is 5.55. The lowest BCUT2D eigenvalue weighted by atomic mass is 10.0. The Balaban J connectivity index is 2.13. The van der Waals surface area contributed by atoms with E-state index >= 15 is 0 Å². The Hall–Kier alpha value is -2.34. The number of fused-ring (bicyclic) bond motifs is 1. The van der Waals surface area contributed by atoms with Gasteiger partial charge in [0.15, 0.2) is 0 Å². The Morgan fingerprint density at radius 1 is 1.11 bits per heavy atom. The van der Waals surface area contributed by atoms with Crippen molar-refractivity contribution in [3.8, 4) is 0 Å². The minimum absolute atomic E-state index is 0.392. The van der Waals surface area contributed by atoms with Gasteiger partial charge in [-0.15, -0.1) is 0 Å². The van der Waals surface area contributed by atoms with Crippen molar-refractivity contribution in [2.24, 2.45) is 5.73 Å². The first-order valence-corrected chi connectivity index (χ1v) is 5.39. The quantitative estimate of drug-likeness (QED) is 0.736. The predicted molar refractivity (Wildman–Crippen MR) is 63.2 cm³/mol. The molecule has 3 rings (SSSR count). The summed E-state index contributed by atoms with van der Waals surface area (Å²) in [5, 5.41) is 4.15. The van der Waals surface area contributed by atoms with Crippen molar-refractivity contribution < 1.29 is 4.39 Å². The first-order valence-electron chi connectivity index (χ1n) is 5.39. The van der Waals surface area contributed by atoms with Crippen LogP contribution in [-0.2, 0) is 0 Å². The van der Waals surface area contributed by atoms with E-state index in [1.807, 2.05) is 0 Å². The van der Waals surface area contributed by atoms with Gasteiger partial charge in [0.2, 0.25) is 0 Å². The average molecular weight is 243 g/mol. The number of rotatable bonds is 2. The van der Waals surface area contributed by atoms with Crippen LogP contribution in [0.2, 0.25) is 0 Å². The van der Waals surface area contributed by atoms with Crippen molar-refractivity contribution in [2.75, 3.05) is 0 Å². The molecule has 0 aliphatic heterocycles. The lowest BCUT2D eigenvalue weighted by molar-refractivity contribution is 0.594. The van der Waals surface area contributed by atoms with E-state index < -0.39 is 11.9 Å². The maximum absolute atomic E-state index is 13.6. The average Bonchev–Trinajstić information content (AvgIpc) is 2.82. The van der Waals surface area contributed by atoms with Crippen LogP contribution < -0.4 is 5.73 Å². The van der Waals surface area contributed by atoms with Crippen molar-refractivity contribution in [3.63, 3.8) is 0 Å². The van der Waals surface area contributed by atoms with Crippen LogP contribution in [0.5, 0.6) is 0 Å². The molecular weight excluding hydrogens is 233 g/mol. The van der Waals surface area contributed by atoms with Crippen LogP contribution in [0.25, 0.3) is 5.52 Å². The number of nitrogens with zero attached hydrogens (tertiary/aromatic N) is 4. The fourth-order valence-corrected chi connectivity index (χ4v) is 1.90. The lowest BCUT2D eigenvalue weighted by Crippen LogP contribution is -2.13. The molecule has 0 saturated heterocycles. The molecule has 1 unspecified atom stereocenters. The second-order valence-electron chi connectivity index (χ2n) is 3.88. The van der Waals surface area contributed by atoms with Gasteiger partial charge in [-0.2, -0.15) is 5.10 Å². The number of aromatic nitrogens is 4. The van der Waals surface area contributed by atoms with Crippen LogP contribution in [0, 0.1) is 5.82 Å². The minimum Gasteiger partial charge on any atom is -0.320 e. The van der Waals surface area contributed by atoms with E-state index in [9.17, 15) is 4.39 Å². The summed E-state index contributed by atoms with van der Waals surface area (Å²) in [4.78, 5) is 7.73. The Labute approximate surface area is 102 Å². The molecule has 5 nitrogen and oxygen atoms in total. The third-order valence-electron chi connectivity index (χ3n) is 2.83. The van der Waals surface area contributed by atoms with E-state index in [0.29, 0.717) is 5.56 Å². The van der Waals surface area contributed by atoms with Gasteiger partial charge in [-0.1, -0.05) is 0 Å². The molecule has 0 aliphatic carbocycles. The lowest BCUT2D eigenvalue weighted by Gasteiger charge is -2.11. The molecule has 2 N–H and O–H groups in total. The minimum atomic E-state index is -0.588. The van der Waals surface area contributed by atoms with Gasteiger partial charge in [0.05, 0.1) is 30.1 Å². The van der Waals surface area contributed by atoms with Gasteiger partial charge in [0, 0.05) is 29.7 Å². The van der Waals surface area contributed by atoms with Crippen LogP contribution in [-0.4, -0.2) is 19.6 Å². The third kappa shape index (κ3) is 1.63. The maximum atomic E-state index is 13.6. The Morgan fingerprint density at radius 3 is 2.78 bits per heavy atom. The summed E-state index contributed by atoms with van der Waals surface area (Å²) in [6.45, 7) is 0. The summed E-state index contributed by atoms with van der Waals surface area (Å²) in [5.74, 6) is -0.423. The van der Waals surface area contributed by atoms with Crippen LogP contribution >= 0.6 is 0 Å². The highest BCUT2D eigenvalue weighted by Gasteiger charge is 2.17. The molecule has 0 saturated carbocycles.